The number of carbonyl (C=O) groups is 1. The molecule has 0 saturated carbocycles. The van der Waals surface area contributed by atoms with Crippen molar-refractivity contribution >= 4 is 5.97 Å². The molecule has 2 aromatic rings. The fourth-order valence-corrected chi connectivity index (χ4v) is 1.44. The van der Waals surface area contributed by atoms with Gasteiger partial charge in [0.15, 0.2) is 5.69 Å². The zero-order valence-electron chi connectivity index (χ0n) is 10.5. The Balaban J connectivity index is 1.98. The van der Waals surface area contributed by atoms with E-state index in [1.807, 2.05) is 0 Å². The van der Waals surface area contributed by atoms with Crippen LogP contribution in [0.3, 0.4) is 0 Å². The Morgan fingerprint density at radius 2 is 1.81 bits per heavy atom. The van der Waals surface area contributed by atoms with Crippen LogP contribution >= 0.6 is 0 Å². The SMILES string of the molecule is O=C(O)c1cnc(COc2ccc(C(F)(F)F)cc2)cn1. The molecule has 1 N–H and O–H groups in total. The molecule has 2 rings (SSSR count). The van der Waals surface area contributed by atoms with Crippen molar-refractivity contribution in [3.05, 3.63) is 53.6 Å². The molecule has 5 nitrogen and oxygen atoms in total. The average molecular weight is 298 g/mol. The normalized spacial score (nSPS) is 11.2. The molecule has 0 spiro atoms. The van der Waals surface area contributed by atoms with Gasteiger partial charge in [0.1, 0.15) is 12.4 Å². The fraction of sp³-hybridized carbons (Fsp3) is 0.154. The van der Waals surface area contributed by atoms with Gasteiger partial charge in [0, 0.05) is 0 Å². The second kappa shape index (κ2) is 5.78. The van der Waals surface area contributed by atoms with E-state index in [9.17, 15) is 18.0 Å². The van der Waals surface area contributed by atoms with E-state index >= 15 is 0 Å². The summed E-state index contributed by atoms with van der Waals surface area (Å²) in [6.07, 6.45) is -2.09. The predicted molar refractivity (Wildman–Crippen MR) is 64.8 cm³/mol. The monoisotopic (exact) mass is 298 g/mol. The maximum atomic E-state index is 12.4. The van der Waals surface area contributed by atoms with Gasteiger partial charge in [-0.15, -0.1) is 0 Å². The first-order valence-electron chi connectivity index (χ1n) is 5.70. The van der Waals surface area contributed by atoms with Crippen molar-refractivity contribution in [1.29, 1.82) is 0 Å². The van der Waals surface area contributed by atoms with E-state index in [-0.39, 0.29) is 18.1 Å². The third kappa shape index (κ3) is 3.91. The van der Waals surface area contributed by atoms with E-state index in [0.717, 1.165) is 18.3 Å². The molecule has 110 valence electrons. The average Bonchev–Trinajstić information content (AvgIpc) is 2.45. The number of benzene rings is 1. The van der Waals surface area contributed by atoms with Gasteiger partial charge in [-0.3, -0.25) is 4.98 Å². The fourth-order valence-electron chi connectivity index (χ4n) is 1.44. The molecule has 0 unspecified atom stereocenters. The molecule has 0 radical (unpaired) electrons. The summed E-state index contributed by atoms with van der Waals surface area (Å²) in [4.78, 5) is 18.0. The van der Waals surface area contributed by atoms with E-state index in [1.54, 1.807) is 0 Å². The summed E-state index contributed by atoms with van der Waals surface area (Å²) in [7, 11) is 0. The Hall–Kier alpha value is -2.64. The number of halogens is 3. The molecular formula is C13H9F3N2O3. The summed E-state index contributed by atoms with van der Waals surface area (Å²) >= 11 is 0. The first-order valence-corrected chi connectivity index (χ1v) is 5.70. The molecule has 0 atom stereocenters. The summed E-state index contributed by atoms with van der Waals surface area (Å²) in [5.41, 5.74) is -0.603. The molecule has 0 amide bonds. The molecule has 1 aromatic heterocycles. The van der Waals surface area contributed by atoms with Crippen LogP contribution in [-0.2, 0) is 12.8 Å². The molecule has 0 aliphatic carbocycles. The summed E-state index contributed by atoms with van der Waals surface area (Å²) in [5.74, 6) is -0.954. The highest BCUT2D eigenvalue weighted by atomic mass is 19.4. The maximum Gasteiger partial charge on any atom is 0.416 e. The van der Waals surface area contributed by atoms with Crippen molar-refractivity contribution in [1.82, 2.24) is 9.97 Å². The van der Waals surface area contributed by atoms with E-state index in [4.69, 9.17) is 9.84 Å². The second-order valence-electron chi connectivity index (χ2n) is 4.01. The smallest absolute Gasteiger partial charge is 0.416 e. The molecule has 0 fully saturated rings. The van der Waals surface area contributed by atoms with Crippen LogP contribution in [0.15, 0.2) is 36.7 Å². The maximum absolute atomic E-state index is 12.4. The van der Waals surface area contributed by atoms with Crippen LogP contribution in [0.5, 0.6) is 5.75 Å². The predicted octanol–water partition coefficient (Wildman–Crippen LogP) is 2.77. The number of hydrogen-bond acceptors (Lipinski definition) is 4. The van der Waals surface area contributed by atoms with Gasteiger partial charge in [0.25, 0.3) is 0 Å². The van der Waals surface area contributed by atoms with Gasteiger partial charge in [-0.05, 0) is 24.3 Å². The van der Waals surface area contributed by atoms with Crippen LogP contribution < -0.4 is 4.74 Å². The van der Waals surface area contributed by atoms with Crippen LogP contribution in [-0.4, -0.2) is 21.0 Å². The number of nitrogens with zero attached hydrogens (tertiary/aromatic N) is 2. The van der Waals surface area contributed by atoms with Crippen LogP contribution in [0.2, 0.25) is 0 Å². The molecule has 0 aliphatic rings. The van der Waals surface area contributed by atoms with Crippen LogP contribution in [0.1, 0.15) is 21.7 Å². The van der Waals surface area contributed by atoms with Gasteiger partial charge in [0.05, 0.1) is 23.7 Å². The van der Waals surface area contributed by atoms with Gasteiger partial charge < -0.3 is 9.84 Å². The third-order valence-electron chi connectivity index (χ3n) is 2.49. The number of carboxylic acid groups (broad SMARTS) is 1. The molecule has 1 aromatic carbocycles. The third-order valence-corrected chi connectivity index (χ3v) is 2.49. The van der Waals surface area contributed by atoms with Crippen molar-refractivity contribution in [2.45, 2.75) is 12.8 Å². The standard InChI is InChI=1S/C13H9F3N2O3/c14-13(15,16)8-1-3-10(4-2-8)21-7-9-5-18-11(6-17-9)12(19)20/h1-6H,7H2,(H,19,20). The Morgan fingerprint density at radius 3 is 2.29 bits per heavy atom. The lowest BCUT2D eigenvalue weighted by Crippen LogP contribution is -2.06. The molecule has 0 saturated heterocycles. The first-order chi connectivity index (χ1) is 9.86. The van der Waals surface area contributed by atoms with Gasteiger partial charge in [-0.1, -0.05) is 0 Å². The van der Waals surface area contributed by atoms with Gasteiger partial charge in [-0.2, -0.15) is 13.2 Å². The van der Waals surface area contributed by atoms with Crippen LogP contribution in [0.4, 0.5) is 13.2 Å². The lowest BCUT2D eigenvalue weighted by Gasteiger charge is -2.08. The Morgan fingerprint density at radius 1 is 1.14 bits per heavy atom. The number of rotatable bonds is 4. The first kappa shape index (κ1) is 14.8. The number of aromatic nitrogens is 2. The molecule has 1 heterocycles. The minimum absolute atomic E-state index is 0.0295. The minimum Gasteiger partial charge on any atom is -0.487 e. The number of ether oxygens (including phenoxy) is 1. The Labute approximate surface area is 117 Å². The summed E-state index contributed by atoms with van der Waals surface area (Å²) in [6, 6.07) is 4.22. The topological polar surface area (TPSA) is 72.3 Å². The van der Waals surface area contributed by atoms with Crippen molar-refractivity contribution in [3.63, 3.8) is 0 Å². The van der Waals surface area contributed by atoms with Crippen molar-refractivity contribution in [2.75, 3.05) is 0 Å². The Bertz CT molecular complexity index is 625. The summed E-state index contributed by atoms with van der Waals surface area (Å²) in [6.45, 7) is -0.0295. The molecule has 21 heavy (non-hydrogen) atoms. The lowest BCUT2D eigenvalue weighted by molar-refractivity contribution is -0.137. The minimum atomic E-state index is -4.39. The van der Waals surface area contributed by atoms with Crippen molar-refractivity contribution < 1.29 is 27.8 Å². The zero-order valence-corrected chi connectivity index (χ0v) is 10.5. The highest BCUT2D eigenvalue weighted by Gasteiger charge is 2.29. The largest absolute Gasteiger partial charge is 0.487 e. The van der Waals surface area contributed by atoms with E-state index < -0.39 is 17.7 Å². The van der Waals surface area contributed by atoms with Crippen molar-refractivity contribution in [3.8, 4) is 5.75 Å². The number of aromatic carboxylic acids is 1. The molecule has 0 aliphatic heterocycles. The summed E-state index contributed by atoms with van der Waals surface area (Å²) < 4.78 is 42.3. The summed E-state index contributed by atoms with van der Waals surface area (Å²) in [5, 5.41) is 8.65. The Kier molecular flexibility index (Phi) is 4.06. The van der Waals surface area contributed by atoms with E-state index in [0.29, 0.717) is 5.69 Å². The quantitative estimate of drug-likeness (QED) is 0.939. The molecular weight excluding hydrogens is 289 g/mol. The van der Waals surface area contributed by atoms with Gasteiger partial charge >= 0.3 is 12.1 Å². The zero-order chi connectivity index (χ0) is 15.5. The van der Waals surface area contributed by atoms with Gasteiger partial charge in [0.2, 0.25) is 0 Å². The van der Waals surface area contributed by atoms with Crippen LogP contribution in [0, 0.1) is 0 Å². The second-order valence-corrected chi connectivity index (χ2v) is 4.01. The van der Waals surface area contributed by atoms with Gasteiger partial charge in [-0.25, -0.2) is 9.78 Å². The molecule has 0 bridgehead atoms. The van der Waals surface area contributed by atoms with E-state index in [2.05, 4.69) is 9.97 Å². The highest BCUT2D eigenvalue weighted by molar-refractivity contribution is 5.84. The number of carboxylic acids is 1. The number of alkyl halides is 3. The van der Waals surface area contributed by atoms with Crippen LogP contribution in [0.25, 0.3) is 0 Å². The van der Waals surface area contributed by atoms with Crippen molar-refractivity contribution in [2.24, 2.45) is 0 Å². The highest BCUT2D eigenvalue weighted by Crippen LogP contribution is 2.30. The lowest BCUT2D eigenvalue weighted by atomic mass is 10.2. The molecule has 8 heteroatoms. The van der Waals surface area contributed by atoms with E-state index in [1.165, 1.54) is 18.3 Å². The number of hydrogen-bond donors (Lipinski definition) is 1.